The van der Waals surface area contributed by atoms with Gasteiger partial charge in [0.25, 0.3) is 5.91 Å². The molecule has 3 aromatic heterocycles. The third kappa shape index (κ3) is 3.42. The van der Waals surface area contributed by atoms with Gasteiger partial charge in [-0.15, -0.1) is 0 Å². The number of aromatic amines is 1. The van der Waals surface area contributed by atoms with Gasteiger partial charge in [0.1, 0.15) is 11.3 Å². The lowest BCUT2D eigenvalue weighted by Gasteiger charge is -2.25. The van der Waals surface area contributed by atoms with Crippen molar-refractivity contribution in [1.82, 2.24) is 20.3 Å². The maximum absolute atomic E-state index is 14.4. The summed E-state index contributed by atoms with van der Waals surface area (Å²) in [4.78, 5) is 25.9. The molecular weight excluding hydrogens is 461 g/mol. The molecule has 182 valence electrons. The summed E-state index contributed by atoms with van der Waals surface area (Å²) in [6.45, 7) is 3.66. The normalized spacial score (nSPS) is 20.3. The predicted molar refractivity (Wildman–Crippen MR) is 132 cm³/mol. The van der Waals surface area contributed by atoms with Crippen LogP contribution in [0.25, 0.3) is 22.3 Å². The zero-order chi connectivity index (χ0) is 24.4. The molecule has 2 atom stereocenters. The molecule has 5 heterocycles. The topological polar surface area (TPSA) is 101 Å². The van der Waals surface area contributed by atoms with E-state index in [1.165, 1.54) is 6.07 Å². The summed E-state index contributed by atoms with van der Waals surface area (Å²) in [5, 5.41) is 6.45. The molecule has 8 nitrogen and oxygen atoms in total. The molecule has 0 radical (unpaired) electrons. The van der Waals surface area contributed by atoms with E-state index in [2.05, 4.69) is 20.6 Å². The van der Waals surface area contributed by atoms with E-state index < -0.39 is 0 Å². The Morgan fingerprint density at radius 2 is 2.11 bits per heavy atom. The quantitative estimate of drug-likeness (QED) is 0.373. The summed E-state index contributed by atoms with van der Waals surface area (Å²) in [6.07, 6.45) is 2.62. The lowest BCUT2D eigenvalue weighted by Crippen LogP contribution is -2.32. The second-order valence-corrected chi connectivity index (χ2v) is 9.71. The van der Waals surface area contributed by atoms with Crippen molar-refractivity contribution in [2.24, 2.45) is 5.92 Å². The number of carbonyl (C=O) groups is 1. The number of H-pyrrole nitrogens is 1. The van der Waals surface area contributed by atoms with E-state index in [9.17, 15) is 9.18 Å². The minimum atomic E-state index is -0.313. The SMILES string of the molecule is Cc1c(F)cccc1Nc1c(-c2ccnc3ccc(OCC4COC4)nc23)[nH]c2c1C(=O)N[C@H]1C[C@@H]21. The van der Waals surface area contributed by atoms with Crippen LogP contribution in [0.2, 0.25) is 0 Å². The zero-order valence-corrected chi connectivity index (χ0v) is 19.6. The Bertz CT molecular complexity index is 1530. The number of amides is 1. The van der Waals surface area contributed by atoms with Crippen molar-refractivity contribution >= 4 is 28.3 Å². The van der Waals surface area contributed by atoms with Crippen molar-refractivity contribution in [2.45, 2.75) is 25.3 Å². The Labute approximate surface area is 206 Å². The number of pyridine rings is 2. The molecule has 1 amide bonds. The van der Waals surface area contributed by atoms with Crippen LogP contribution >= 0.6 is 0 Å². The van der Waals surface area contributed by atoms with Crippen molar-refractivity contribution in [3.05, 3.63) is 65.2 Å². The maximum Gasteiger partial charge on any atom is 0.255 e. The van der Waals surface area contributed by atoms with Crippen LogP contribution < -0.4 is 15.4 Å². The first kappa shape index (κ1) is 21.3. The maximum atomic E-state index is 14.4. The van der Waals surface area contributed by atoms with Gasteiger partial charge in [-0.05, 0) is 37.6 Å². The Kier molecular flexibility index (Phi) is 4.75. The summed E-state index contributed by atoms with van der Waals surface area (Å²) in [5.74, 6) is 0.676. The van der Waals surface area contributed by atoms with E-state index in [1.807, 2.05) is 18.2 Å². The molecule has 0 spiro atoms. The number of ether oxygens (including phenoxy) is 2. The Hall–Kier alpha value is -3.98. The predicted octanol–water partition coefficient (Wildman–Crippen LogP) is 4.44. The van der Waals surface area contributed by atoms with Crippen LogP contribution in [-0.4, -0.2) is 46.7 Å². The minimum absolute atomic E-state index is 0.138. The number of aromatic nitrogens is 3. The molecule has 2 fully saturated rings. The second-order valence-electron chi connectivity index (χ2n) is 9.71. The van der Waals surface area contributed by atoms with E-state index >= 15 is 0 Å². The van der Waals surface area contributed by atoms with E-state index in [4.69, 9.17) is 14.5 Å². The lowest BCUT2D eigenvalue weighted by atomic mass is 10.0. The molecule has 1 aliphatic carbocycles. The van der Waals surface area contributed by atoms with Crippen molar-refractivity contribution in [3.8, 4) is 17.1 Å². The molecule has 9 heteroatoms. The molecule has 1 aromatic carbocycles. The average molecular weight is 486 g/mol. The van der Waals surface area contributed by atoms with Gasteiger partial charge >= 0.3 is 0 Å². The molecular formula is C27H24FN5O3. The van der Waals surface area contributed by atoms with Gasteiger partial charge in [0.05, 0.1) is 42.3 Å². The largest absolute Gasteiger partial charge is 0.477 e. The fourth-order valence-electron chi connectivity index (χ4n) is 5.03. The Balaban J connectivity index is 1.37. The third-order valence-corrected chi connectivity index (χ3v) is 7.26. The van der Waals surface area contributed by atoms with Gasteiger partial charge in [-0.2, -0.15) is 0 Å². The number of hydrogen-bond acceptors (Lipinski definition) is 6. The van der Waals surface area contributed by atoms with Gasteiger partial charge in [-0.25, -0.2) is 9.37 Å². The van der Waals surface area contributed by atoms with Crippen molar-refractivity contribution in [1.29, 1.82) is 0 Å². The van der Waals surface area contributed by atoms with Gasteiger partial charge in [0.2, 0.25) is 5.88 Å². The summed E-state index contributed by atoms with van der Waals surface area (Å²) in [6, 6.07) is 10.6. The van der Waals surface area contributed by atoms with E-state index in [-0.39, 0.29) is 23.7 Å². The van der Waals surface area contributed by atoms with Gasteiger partial charge in [0.15, 0.2) is 0 Å². The van der Waals surface area contributed by atoms with Gasteiger partial charge in [0, 0.05) is 52.6 Å². The molecule has 7 rings (SSSR count). The van der Waals surface area contributed by atoms with Crippen LogP contribution in [0.15, 0.2) is 42.6 Å². The molecule has 2 aliphatic heterocycles. The molecule has 3 N–H and O–H groups in total. The van der Waals surface area contributed by atoms with Crippen LogP contribution in [-0.2, 0) is 4.74 Å². The van der Waals surface area contributed by atoms with Crippen LogP contribution in [0, 0.1) is 18.7 Å². The van der Waals surface area contributed by atoms with Crippen LogP contribution in [0.3, 0.4) is 0 Å². The minimum Gasteiger partial charge on any atom is -0.477 e. The summed E-state index contributed by atoms with van der Waals surface area (Å²) in [7, 11) is 0. The number of halogens is 1. The van der Waals surface area contributed by atoms with E-state index in [0.717, 1.165) is 23.4 Å². The van der Waals surface area contributed by atoms with Crippen molar-refractivity contribution in [3.63, 3.8) is 0 Å². The van der Waals surface area contributed by atoms with Crippen LogP contribution in [0.4, 0.5) is 15.8 Å². The smallest absolute Gasteiger partial charge is 0.255 e. The van der Waals surface area contributed by atoms with Crippen LogP contribution in [0.1, 0.15) is 34.0 Å². The molecule has 3 aliphatic rings. The molecule has 0 unspecified atom stereocenters. The molecule has 1 saturated heterocycles. The molecule has 4 aromatic rings. The summed E-state index contributed by atoms with van der Waals surface area (Å²) >= 11 is 0. The number of rotatable bonds is 6. The van der Waals surface area contributed by atoms with Gasteiger partial charge in [-0.3, -0.25) is 9.78 Å². The standard InChI is InChI=1S/C27H24FN5O3/c1-13-17(28)3-2-4-18(13)30-26-22-24(16-9-20(16)31-27(22)34)33-25(26)15-7-8-29-19-5-6-21(32-23(15)19)36-12-14-10-35-11-14/h2-8,14,16,20,30,33H,9-12H2,1H3,(H,31,34)/t16-,20+/m1/s1. The monoisotopic (exact) mass is 485 g/mol. The number of benzene rings is 1. The molecule has 0 bridgehead atoms. The Morgan fingerprint density at radius 1 is 1.22 bits per heavy atom. The lowest BCUT2D eigenvalue weighted by molar-refractivity contribution is -0.0513. The number of hydrogen-bond donors (Lipinski definition) is 3. The summed E-state index contributed by atoms with van der Waals surface area (Å²) < 4.78 is 25.5. The third-order valence-electron chi connectivity index (χ3n) is 7.26. The van der Waals surface area contributed by atoms with Crippen molar-refractivity contribution < 1.29 is 18.7 Å². The fraction of sp³-hybridized carbons (Fsp3) is 0.296. The van der Waals surface area contributed by atoms with E-state index in [0.29, 0.717) is 65.2 Å². The number of fused-ring (bicyclic) bond motifs is 4. The molecule has 1 saturated carbocycles. The number of carbonyl (C=O) groups excluding carboxylic acids is 1. The van der Waals surface area contributed by atoms with E-state index in [1.54, 1.807) is 25.3 Å². The zero-order valence-electron chi connectivity index (χ0n) is 19.6. The van der Waals surface area contributed by atoms with Crippen molar-refractivity contribution in [2.75, 3.05) is 25.1 Å². The highest BCUT2D eigenvalue weighted by molar-refractivity contribution is 6.09. The number of nitrogens with zero attached hydrogens (tertiary/aromatic N) is 2. The average Bonchev–Trinajstić information content (AvgIpc) is 3.52. The number of nitrogens with one attached hydrogen (secondary N) is 3. The van der Waals surface area contributed by atoms with Gasteiger partial charge in [-0.1, -0.05) is 6.07 Å². The Morgan fingerprint density at radius 3 is 2.94 bits per heavy atom. The first-order valence-corrected chi connectivity index (χ1v) is 12.1. The molecule has 36 heavy (non-hydrogen) atoms. The fourth-order valence-corrected chi connectivity index (χ4v) is 5.03. The van der Waals surface area contributed by atoms with Crippen LogP contribution in [0.5, 0.6) is 5.88 Å². The highest BCUT2D eigenvalue weighted by Crippen LogP contribution is 2.50. The van der Waals surface area contributed by atoms with Gasteiger partial charge < -0.3 is 25.1 Å². The highest BCUT2D eigenvalue weighted by Gasteiger charge is 2.48. The first-order chi connectivity index (χ1) is 17.6. The first-order valence-electron chi connectivity index (χ1n) is 12.1. The summed E-state index contributed by atoms with van der Waals surface area (Å²) in [5.41, 5.74) is 6.02. The number of anilines is 2. The second kappa shape index (κ2) is 8.03. The highest BCUT2D eigenvalue weighted by atomic mass is 19.1.